The highest BCUT2D eigenvalue weighted by atomic mass is 32.1. The molecule has 1 aliphatic rings. The van der Waals surface area contributed by atoms with Gasteiger partial charge < -0.3 is 4.57 Å². The Kier molecular flexibility index (Phi) is 4.07. The zero-order chi connectivity index (χ0) is 25.9. The summed E-state index contributed by atoms with van der Waals surface area (Å²) < 4.78 is 5.25. The van der Waals surface area contributed by atoms with E-state index < -0.39 is 0 Å². The standard InChI is InChI=1S/C37H25NS/c1-37(2)29-16-8-5-11-23(29)24-20-19-22(21-30(24)37)38-31-17-9-6-14-27(31)33-25-12-3-4-13-26(25)36-34(35(33)38)28-15-7-10-18-32(28)39-36/h3-21H,1-2H3. The van der Waals surface area contributed by atoms with Gasteiger partial charge >= 0.3 is 0 Å². The largest absolute Gasteiger partial charge is 0.309 e. The van der Waals surface area contributed by atoms with Gasteiger partial charge in [0.05, 0.1) is 11.0 Å². The third-order valence-electron chi connectivity index (χ3n) is 8.97. The van der Waals surface area contributed by atoms with Crippen molar-refractivity contribution in [2.75, 3.05) is 0 Å². The Bertz CT molecular complexity index is 2310. The van der Waals surface area contributed by atoms with E-state index in [0.29, 0.717) is 0 Å². The summed E-state index contributed by atoms with van der Waals surface area (Å²) in [6.45, 7) is 4.73. The first-order valence-corrected chi connectivity index (χ1v) is 14.4. The summed E-state index contributed by atoms with van der Waals surface area (Å²) in [5.41, 5.74) is 9.30. The molecule has 2 heterocycles. The van der Waals surface area contributed by atoms with E-state index >= 15 is 0 Å². The second-order valence-electron chi connectivity index (χ2n) is 11.3. The van der Waals surface area contributed by atoms with Crippen LogP contribution in [0.25, 0.3) is 69.6 Å². The first-order valence-electron chi connectivity index (χ1n) is 13.6. The monoisotopic (exact) mass is 515 g/mol. The van der Waals surface area contributed by atoms with E-state index in [2.05, 4.69) is 134 Å². The van der Waals surface area contributed by atoms with E-state index in [1.54, 1.807) is 0 Å². The Morgan fingerprint density at radius 3 is 2.10 bits per heavy atom. The van der Waals surface area contributed by atoms with Crippen LogP contribution >= 0.6 is 11.3 Å². The normalized spacial score (nSPS) is 14.1. The molecule has 0 unspecified atom stereocenters. The van der Waals surface area contributed by atoms with Crippen LogP contribution in [0.5, 0.6) is 0 Å². The number of para-hydroxylation sites is 1. The molecule has 0 saturated carbocycles. The average Bonchev–Trinajstić information content (AvgIpc) is 3.60. The van der Waals surface area contributed by atoms with Crippen molar-refractivity contribution in [2.45, 2.75) is 19.3 Å². The van der Waals surface area contributed by atoms with Gasteiger partial charge in [0.2, 0.25) is 0 Å². The zero-order valence-electron chi connectivity index (χ0n) is 21.8. The van der Waals surface area contributed by atoms with E-state index in [1.807, 2.05) is 11.3 Å². The number of fused-ring (bicyclic) bond motifs is 13. The molecule has 8 aromatic rings. The van der Waals surface area contributed by atoms with Gasteiger partial charge in [0.15, 0.2) is 0 Å². The molecule has 0 spiro atoms. The molecule has 0 aliphatic heterocycles. The molecule has 184 valence electrons. The predicted octanol–water partition coefficient (Wildman–Crippen LogP) is 10.6. The summed E-state index contributed by atoms with van der Waals surface area (Å²) in [6, 6.07) is 42.9. The van der Waals surface area contributed by atoms with Crippen LogP contribution in [0.3, 0.4) is 0 Å². The van der Waals surface area contributed by atoms with E-state index in [4.69, 9.17) is 0 Å². The first kappa shape index (κ1) is 21.5. The zero-order valence-corrected chi connectivity index (χ0v) is 22.6. The minimum absolute atomic E-state index is 0.0439. The second-order valence-corrected chi connectivity index (χ2v) is 12.4. The van der Waals surface area contributed by atoms with Crippen LogP contribution < -0.4 is 0 Å². The molecule has 1 aliphatic carbocycles. The molecule has 0 fully saturated rings. The van der Waals surface area contributed by atoms with Gasteiger partial charge in [-0.05, 0) is 51.9 Å². The van der Waals surface area contributed by atoms with Gasteiger partial charge in [0.25, 0.3) is 0 Å². The smallest absolute Gasteiger partial charge is 0.0640 e. The van der Waals surface area contributed by atoms with Crippen molar-refractivity contribution < 1.29 is 0 Å². The van der Waals surface area contributed by atoms with Crippen molar-refractivity contribution in [2.24, 2.45) is 0 Å². The van der Waals surface area contributed by atoms with E-state index in [1.165, 1.54) is 80.7 Å². The Hall–Kier alpha value is -4.40. The summed E-state index contributed by atoms with van der Waals surface area (Å²) in [4.78, 5) is 0. The van der Waals surface area contributed by atoms with Crippen molar-refractivity contribution in [1.82, 2.24) is 4.57 Å². The predicted molar refractivity (Wildman–Crippen MR) is 169 cm³/mol. The average molecular weight is 516 g/mol. The van der Waals surface area contributed by atoms with Gasteiger partial charge in [0.1, 0.15) is 0 Å². The molecule has 2 heteroatoms. The number of benzene rings is 6. The third kappa shape index (κ3) is 2.65. The van der Waals surface area contributed by atoms with Crippen molar-refractivity contribution in [1.29, 1.82) is 0 Å². The van der Waals surface area contributed by atoms with Gasteiger partial charge in [-0.15, -0.1) is 11.3 Å². The lowest BCUT2D eigenvalue weighted by atomic mass is 9.82. The van der Waals surface area contributed by atoms with Crippen molar-refractivity contribution in [3.05, 3.63) is 126 Å². The topological polar surface area (TPSA) is 4.93 Å². The minimum atomic E-state index is -0.0439. The minimum Gasteiger partial charge on any atom is -0.309 e. The molecule has 2 aromatic heterocycles. The lowest BCUT2D eigenvalue weighted by molar-refractivity contribution is 0.660. The number of hydrogen-bond acceptors (Lipinski definition) is 1. The molecular weight excluding hydrogens is 490 g/mol. The van der Waals surface area contributed by atoms with E-state index in [9.17, 15) is 0 Å². The van der Waals surface area contributed by atoms with Crippen LogP contribution in [0.15, 0.2) is 115 Å². The van der Waals surface area contributed by atoms with E-state index in [-0.39, 0.29) is 5.41 Å². The molecule has 0 N–H and O–H groups in total. The fraction of sp³-hybridized carbons (Fsp3) is 0.0811. The number of hydrogen-bond donors (Lipinski definition) is 0. The van der Waals surface area contributed by atoms with Crippen LogP contribution in [-0.4, -0.2) is 4.57 Å². The number of nitrogens with zero attached hydrogens (tertiary/aromatic N) is 1. The van der Waals surface area contributed by atoms with Crippen LogP contribution in [0.2, 0.25) is 0 Å². The Labute approximate surface area is 230 Å². The molecule has 0 atom stereocenters. The van der Waals surface area contributed by atoms with Gasteiger partial charge in [-0.1, -0.05) is 105 Å². The number of aromatic nitrogens is 1. The number of thiophene rings is 1. The van der Waals surface area contributed by atoms with Crippen LogP contribution in [0.1, 0.15) is 25.0 Å². The summed E-state index contributed by atoms with van der Waals surface area (Å²) in [5, 5.41) is 8.03. The lowest BCUT2D eigenvalue weighted by Crippen LogP contribution is -2.15. The number of rotatable bonds is 1. The molecular formula is C37H25NS. The first-order chi connectivity index (χ1) is 19.1. The van der Waals surface area contributed by atoms with Crippen molar-refractivity contribution in [3.8, 4) is 16.8 Å². The highest BCUT2D eigenvalue weighted by molar-refractivity contribution is 7.27. The molecule has 0 amide bonds. The molecule has 39 heavy (non-hydrogen) atoms. The van der Waals surface area contributed by atoms with Crippen LogP contribution in [0.4, 0.5) is 0 Å². The Morgan fingerprint density at radius 1 is 0.564 bits per heavy atom. The second kappa shape index (κ2) is 7.37. The van der Waals surface area contributed by atoms with E-state index in [0.717, 1.165) is 0 Å². The molecule has 0 radical (unpaired) electrons. The van der Waals surface area contributed by atoms with Gasteiger partial charge in [-0.3, -0.25) is 0 Å². The van der Waals surface area contributed by atoms with Crippen LogP contribution in [0, 0.1) is 0 Å². The Morgan fingerprint density at radius 2 is 1.23 bits per heavy atom. The maximum absolute atomic E-state index is 2.54. The Balaban J connectivity index is 1.50. The molecule has 1 nitrogen and oxygen atoms in total. The van der Waals surface area contributed by atoms with Gasteiger partial charge in [0, 0.05) is 47.4 Å². The highest BCUT2D eigenvalue weighted by Gasteiger charge is 2.35. The van der Waals surface area contributed by atoms with Crippen LogP contribution in [-0.2, 0) is 5.41 Å². The highest BCUT2D eigenvalue weighted by Crippen LogP contribution is 2.51. The third-order valence-corrected chi connectivity index (χ3v) is 10.2. The molecule has 0 bridgehead atoms. The summed E-state index contributed by atoms with van der Waals surface area (Å²) in [6.07, 6.45) is 0. The quantitative estimate of drug-likeness (QED) is 0.205. The van der Waals surface area contributed by atoms with Gasteiger partial charge in [-0.25, -0.2) is 0 Å². The molecule has 0 saturated heterocycles. The lowest BCUT2D eigenvalue weighted by Gasteiger charge is -2.22. The fourth-order valence-electron chi connectivity index (χ4n) is 7.22. The summed E-state index contributed by atoms with van der Waals surface area (Å²) in [7, 11) is 0. The van der Waals surface area contributed by atoms with Crippen molar-refractivity contribution >= 4 is 64.1 Å². The molecule has 9 rings (SSSR count). The van der Waals surface area contributed by atoms with Crippen molar-refractivity contribution in [3.63, 3.8) is 0 Å². The SMILES string of the molecule is CC1(C)c2ccccc2-c2ccc(-n3c4ccccc4c4c5ccccc5c5sc6ccccc6c5c43)cc21. The fourth-order valence-corrected chi connectivity index (χ4v) is 8.46. The summed E-state index contributed by atoms with van der Waals surface area (Å²) in [5.74, 6) is 0. The summed E-state index contributed by atoms with van der Waals surface area (Å²) >= 11 is 1.92. The maximum atomic E-state index is 2.54. The van der Waals surface area contributed by atoms with Gasteiger partial charge in [-0.2, -0.15) is 0 Å². The maximum Gasteiger partial charge on any atom is 0.0640 e. The molecule has 6 aromatic carbocycles.